The monoisotopic (exact) mass is 243 g/mol. The summed E-state index contributed by atoms with van der Waals surface area (Å²) >= 11 is 1.12. The van der Waals surface area contributed by atoms with Crippen molar-refractivity contribution < 1.29 is 9.90 Å². The number of aryl methyl sites for hydroxylation is 1. The lowest BCUT2D eigenvalue weighted by molar-refractivity contribution is 0.0697. The second-order valence-corrected chi connectivity index (χ2v) is 4.61. The second kappa shape index (κ2) is 5.91. The summed E-state index contributed by atoms with van der Waals surface area (Å²) in [5.41, 5.74) is 0.671. The normalized spacial score (nSPS) is 10.8. The predicted molar refractivity (Wildman–Crippen MR) is 62.5 cm³/mol. The summed E-state index contributed by atoms with van der Waals surface area (Å²) in [6.45, 7) is 6.35. The minimum Gasteiger partial charge on any atom is -0.396 e. The van der Waals surface area contributed by atoms with E-state index in [4.69, 9.17) is 5.11 Å². The van der Waals surface area contributed by atoms with Crippen molar-refractivity contribution in [2.75, 3.05) is 13.2 Å². The minimum atomic E-state index is -0.0454. The number of carbonyl (C=O) groups excluding carboxylic acids is 1. The highest BCUT2D eigenvalue weighted by molar-refractivity contribution is 7.07. The van der Waals surface area contributed by atoms with E-state index in [1.54, 1.807) is 11.8 Å². The van der Waals surface area contributed by atoms with Crippen molar-refractivity contribution in [3.63, 3.8) is 0 Å². The zero-order chi connectivity index (χ0) is 12.1. The molecule has 0 aliphatic carbocycles. The summed E-state index contributed by atoms with van der Waals surface area (Å²) in [4.78, 5) is 14.5. The molecule has 16 heavy (non-hydrogen) atoms. The third-order valence-corrected chi connectivity index (χ3v) is 3.10. The molecular formula is C10H17N3O2S. The van der Waals surface area contributed by atoms with Crippen molar-refractivity contribution in [1.29, 1.82) is 0 Å². The maximum atomic E-state index is 12.1. The summed E-state index contributed by atoms with van der Waals surface area (Å²) in [6, 6.07) is 0.112. The van der Waals surface area contributed by atoms with Crippen LogP contribution in [0.3, 0.4) is 0 Å². The van der Waals surface area contributed by atoms with Gasteiger partial charge in [-0.15, -0.1) is 5.10 Å². The molecule has 0 aromatic carbocycles. The first-order valence-corrected chi connectivity index (χ1v) is 6.06. The van der Waals surface area contributed by atoms with Gasteiger partial charge in [-0.1, -0.05) is 4.49 Å². The first-order chi connectivity index (χ1) is 7.57. The summed E-state index contributed by atoms with van der Waals surface area (Å²) in [6.07, 6.45) is 0.592. The molecule has 1 aromatic heterocycles. The Morgan fingerprint density at radius 1 is 1.56 bits per heavy atom. The van der Waals surface area contributed by atoms with Gasteiger partial charge in [-0.05, 0) is 38.7 Å². The maximum absolute atomic E-state index is 12.1. The van der Waals surface area contributed by atoms with Gasteiger partial charge in [-0.25, -0.2) is 0 Å². The number of aliphatic hydroxyl groups is 1. The van der Waals surface area contributed by atoms with Gasteiger partial charge in [0.1, 0.15) is 4.88 Å². The van der Waals surface area contributed by atoms with Crippen LogP contribution in [0.5, 0.6) is 0 Å². The summed E-state index contributed by atoms with van der Waals surface area (Å²) in [7, 11) is 0. The van der Waals surface area contributed by atoms with Crippen LogP contribution >= 0.6 is 11.5 Å². The lowest BCUT2D eigenvalue weighted by Gasteiger charge is -2.25. The third kappa shape index (κ3) is 2.99. The van der Waals surface area contributed by atoms with Crippen LogP contribution in [0.25, 0.3) is 0 Å². The molecule has 1 rings (SSSR count). The zero-order valence-corrected chi connectivity index (χ0v) is 10.6. The lowest BCUT2D eigenvalue weighted by atomic mass is 10.2. The van der Waals surface area contributed by atoms with Crippen molar-refractivity contribution in [1.82, 2.24) is 14.5 Å². The quantitative estimate of drug-likeness (QED) is 0.840. The van der Waals surface area contributed by atoms with Gasteiger partial charge in [-0.3, -0.25) is 4.79 Å². The number of carbonyl (C=O) groups is 1. The molecule has 0 saturated carbocycles. The lowest BCUT2D eigenvalue weighted by Crippen LogP contribution is -2.38. The molecule has 0 aliphatic rings. The van der Waals surface area contributed by atoms with Crippen molar-refractivity contribution in [3.05, 3.63) is 10.6 Å². The molecule has 1 N–H and O–H groups in total. The molecule has 1 amide bonds. The molecule has 0 unspecified atom stereocenters. The minimum absolute atomic E-state index is 0.0454. The number of hydrogen-bond acceptors (Lipinski definition) is 5. The molecule has 0 aliphatic heterocycles. The summed E-state index contributed by atoms with van der Waals surface area (Å²) < 4.78 is 3.76. The van der Waals surface area contributed by atoms with Crippen molar-refractivity contribution >= 4 is 17.4 Å². The van der Waals surface area contributed by atoms with Crippen LogP contribution in [-0.4, -0.2) is 44.7 Å². The molecule has 0 atom stereocenters. The van der Waals surface area contributed by atoms with Gasteiger partial charge in [0.05, 0.1) is 5.69 Å². The average molecular weight is 243 g/mol. The van der Waals surface area contributed by atoms with Crippen LogP contribution < -0.4 is 0 Å². The van der Waals surface area contributed by atoms with Crippen LogP contribution in [0.1, 0.15) is 35.6 Å². The molecule has 0 spiro atoms. The molecule has 6 heteroatoms. The SMILES string of the molecule is Cc1nnsc1C(=O)N(CCCO)C(C)C. The highest BCUT2D eigenvalue weighted by Crippen LogP contribution is 2.14. The van der Waals surface area contributed by atoms with Crippen molar-refractivity contribution in [3.8, 4) is 0 Å². The topological polar surface area (TPSA) is 66.3 Å². The van der Waals surface area contributed by atoms with Crippen LogP contribution in [0.15, 0.2) is 0 Å². The first-order valence-electron chi connectivity index (χ1n) is 5.28. The van der Waals surface area contributed by atoms with Gasteiger partial charge >= 0.3 is 0 Å². The van der Waals surface area contributed by atoms with Gasteiger partial charge in [0.15, 0.2) is 0 Å². The number of rotatable bonds is 5. The Balaban J connectivity index is 2.79. The Morgan fingerprint density at radius 3 is 2.69 bits per heavy atom. The van der Waals surface area contributed by atoms with E-state index >= 15 is 0 Å². The Morgan fingerprint density at radius 2 is 2.25 bits per heavy atom. The fourth-order valence-electron chi connectivity index (χ4n) is 1.39. The van der Waals surface area contributed by atoms with Crippen LogP contribution in [0, 0.1) is 6.92 Å². The van der Waals surface area contributed by atoms with Gasteiger partial charge in [0.2, 0.25) is 0 Å². The maximum Gasteiger partial charge on any atom is 0.267 e. The van der Waals surface area contributed by atoms with Crippen LogP contribution in [0.2, 0.25) is 0 Å². The first kappa shape index (κ1) is 13.1. The van der Waals surface area contributed by atoms with Gasteiger partial charge in [0.25, 0.3) is 5.91 Å². The summed E-state index contributed by atoms with van der Waals surface area (Å²) in [5.74, 6) is -0.0454. The number of aliphatic hydroxyl groups excluding tert-OH is 1. The number of aromatic nitrogens is 2. The Hall–Kier alpha value is -1.01. The highest BCUT2D eigenvalue weighted by Gasteiger charge is 2.22. The van der Waals surface area contributed by atoms with E-state index in [1.165, 1.54) is 0 Å². The number of hydrogen-bond donors (Lipinski definition) is 1. The van der Waals surface area contributed by atoms with Gasteiger partial charge in [-0.2, -0.15) is 0 Å². The van der Waals surface area contributed by atoms with E-state index in [2.05, 4.69) is 9.59 Å². The predicted octanol–water partition coefficient (Wildman–Crippen LogP) is 1.08. The van der Waals surface area contributed by atoms with E-state index in [1.807, 2.05) is 13.8 Å². The molecule has 5 nitrogen and oxygen atoms in total. The Bertz CT molecular complexity index is 352. The van der Waals surface area contributed by atoms with E-state index in [0.717, 1.165) is 11.5 Å². The molecule has 0 radical (unpaired) electrons. The summed E-state index contributed by atoms with van der Waals surface area (Å²) in [5, 5.41) is 12.6. The molecule has 0 bridgehead atoms. The van der Waals surface area contributed by atoms with E-state index < -0.39 is 0 Å². The highest BCUT2D eigenvalue weighted by atomic mass is 32.1. The van der Waals surface area contributed by atoms with E-state index in [-0.39, 0.29) is 18.6 Å². The van der Waals surface area contributed by atoms with E-state index in [0.29, 0.717) is 23.5 Å². The Labute approximate surface area is 99.3 Å². The standard InChI is InChI=1S/C10H17N3O2S/c1-7(2)13(5-4-6-14)10(15)9-8(3)11-12-16-9/h7,14H,4-6H2,1-3H3. The van der Waals surface area contributed by atoms with Gasteiger partial charge in [0, 0.05) is 19.2 Å². The number of amides is 1. The third-order valence-electron chi connectivity index (χ3n) is 2.29. The van der Waals surface area contributed by atoms with Crippen LogP contribution in [0.4, 0.5) is 0 Å². The Kier molecular flexibility index (Phi) is 4.82. The molecule has 90 valence electrons. The molecule has 0 fully saturated rings. The smallest absolute Gasteiger partial charge is 0.267 e. The van der Waals surface area contributed by atoms with Crippen molar-refractivity contribution in [2.45, 2.75) is 33.2 Å². The van der Waals surface area contributed by atoms with Gasteiger partial charge < -0.3 is 10.0 Å². The fraction of sp³-hybridized carbons (Fsp3) is 0.700. The zero-order valence-electron chi connectivity index (χ0n) is 9.80. The largest absolute Gasteiger partial charge is 0.396 e. The van der Waals surface area contributed by atoms with E-state index in [9.17, 15) is 4.79 Å². The van der Waals surface area contributed by atoms with Crippen LogP contribution in [-0.2, 0) is 0 Å². The molecule has 1 heterocycles. The molecule has 1 aromatic rings. The molecule has 0 saturated heterocycles. The molecular weight excluding hydrogens is 226 g/mol. The second-order valence-electron chi connectivity index (χ2n) is 3.86. The number of nitrogens with zero attached hydrogens (tertiary/aromatic N) is 3. The fourth-order valence-corrected chi connectivity index (χ4v) is 2.01. The van der Waals surface area contributed by atoms with Crippen molar-refractivity contribution in [2.24, 2.45) is 0 Å². The average Bonchev–Trinajstić information content (AvgIpc) is 2.64.